The number of ether oxygens (including phenoxy) is 2. The topological polar surface area (TPSA) is 64.2 Å². The van der Waals surface area contributed by atoms with Crippen LogP contribution in [0.15, 0.2) is 78.9 Å². The first-order valence-corrected chi connectivity index (χ1v) is 9.60. The van der Waals surface area contributed by atoms with Crippen LogP contribution in [0.1, 0.15) is 21.7 Å². The first kappa shape index (κ1) is 21.2. The number of nitrogens with one attached hydrogen (secondary N) is 1. The maximum Gasteiger partial charge on any atom is 0.573 e. The van der Waals surface area contributed by atoms with Gasteiger partial charge in [0.1, 0.15) is 18.1 Å². The number of para-hydroxylation sites is 2. The van der Waals surface area contributed by atoms with E-state index in [-0.39, 0.29) is 24.0 Å². The van der Waals surface area contributed by atoms with Crippen LogP contribution in [0.3, 0.4) is 0 Å². The molecular formula is C24H17F3N2O3. The molecule has 1 N–H and O–H groups in total. The van der Waals surface area contributed by atoms with Crippen molar-refractivity contribution in [2.75, 3.05) is 0 Å². The summed E-state index contributed by atoms with van der Waals surface area (Å²) in [6.07, 6.45) is -1.60. The second-order valence-electron chi connectivity index (χ2n) is 6.85. The van der Waals surface area contributed by atoms with Crippen molar-refractivity contribution in [3.63, 3.8) is 0 Å². The van der Waals surface area contributed by atoms with E-state index in [1.165, 1.54) is 30.3 Å². The normalized spacial score (nSPS) is 11.7. The van der Waals surface area contributed by atoms with E-state index in [9.17, 15) is 18.0 Å². The Hall–Kier alpha value is -4.07. The molecule has 4 rings (SSSR count). The third-order valence-electron chi connectivity index (χ3n) is 4.49. The minimum atomic E-state index is -4.72. The van der Waals surface area contributed by atoms with Crippen LogP contribution >= 0.6 is 0 Å². The van der Waals surface area contributed by atoms with Gasteiger partial charge in [0.05, 0.1) is 11.0 Å². The summed E-state index contributed by atoms with van der Waals surface area (Å²) in [4.78, 5) is 19.6. The molecule has 1 heterocycles. The van der Waals surface area contributed by atoms with Crippen LogP contribution in [0.2, 0.25) is 0 Å². The van der Waals surface area contributed by atoms with E-state index in [2.05, 4.69) is 14.7 Å². The van der Waals surface area contributed by atoms with Gasteiger partial charge in [-0.25, -0.2) is 4.98 Å². The molecule has 0 aliphatic carbocycles. The Kier molecular flexibility index (Phi) is 5.93. The lowest BCUT2D eigenvalue weighted by molar-refractivity contribution is -0.274. The lowest BCUT2D eigenvalue weighted by Crippen LogP contribution is -2.17. The number of hydrogen-bond acceptors (Lipinski definition) is 4. The lowest BCUT2D eigenvalue weighted by Gasteiger charge is -2.10. The fourth-order valence-electron chi connectivity index (χ4n) is 2.95. The van der Waals surface area contributed by atoms with E-state index < -0.39 is 6.36 Å². The number of H-pyrrole nitrogens is 1. The average Bonchev–Trinajstić information content (AvgIpc) is 3.21. The zero-order chi connectivity index (χ0) is 22.6. The summed E-state index contributed by atoms with van der Waals surface area (Å²) in [6.45, 7) is 0.187. The molecule has 0 aliphatic rings. The molecule has 3 aromatic carbocycles. The molecule has 0 aliphatic heterocycles. The fraction of sp³-hybridized carbons (Fsp3) is 0.0833. The van der Waals surface area contributed by atoms with Crippen LogP contribution in [-0.4, -0.2) is 22.1 Å². The highest BCUT2D eigenvalue weighted by molar-refractivity contribution is 6.05. The zero-order valence-electron chi connectivity index (χ0n) is 16.6. The number of alkyl halides is 3. The molecule has 32 heavy (non-hydrogen) atoms. The van der Waals surface area contributed by atoms with Crippen molar-refractivity contribution in [1.29, 1.82) is 0 Å². The number of hydrogen-bond donors (Lipinski definition) is 1. The summed E-state index contributed by atoms with van der Waals surface area (Å²) in [6, 6.07) is 19.9. The van der Waals surface area contributed by atoms with Gasteiger partial charge in [-0.2, -0.15) is 0 Å². The summed E-state index contributed by atoms with van der Waals surface area (Å²) in [7, 11) is 0. The highest BCUT2D eigenvalue weighted by atomic mass is 19.4. The molecular weight excluding hydrogens is 421 g/mol. The number of halogens is 3. The minimum absolute atomic E-state index is 0.187. The van der Waals surface area contributed by atoms with Crippen LogP contribution in [0, 0.1) is 0 Å². The number of rotatable bonds is 7. The average molecular weight is 438 g/mol. The van der Waals surface area contributed by atoms with Gasteiger partial charge < -0.3 is 14.5 Å². The Morgan fingerprint density at radius 3 is 2.31 bits per heavy atom. The second kappa shape index (κ2) is 8.97. The number of benzene rings is 3. The smallest absolute Gasteiger partial charge is 0.489 e. The Bertz CT molecular complexity index is 1210. The molecule has 0 radical (unpaired) electrons. The molecule has 0 saturated heterocycles. The molecule has 1 aromatic heterocycles. The molecule has 5 nitrogen and oxygen atoms in total. The number of imidazole rings is 1. The van der Waals surface area contributed by atoms with Crippen LogP contribution in [-0.2, 0) is 6.61 Å². The maximum atomic E-state index is 12.3. The van der Waals surface area contributed by atoms with Crippen LogP contribution < -0.4 is 9.47 Å². The van der Waals surface area contributed by atoms with Gasteiger partial charge in [0.2, 0.25) is 5.78 Å². The van der Waals surface area contributed by atoms with Gasteiger partial charge >= 0.3 is 6.36 Å². The van der Waals surface area contributed by atoms with Gasteiger partial charge in [0, 0.05) is 0 Å². The van der Waals surface area contributed by atoms with Crippen molar-refractivity contribution in [1.82, 2.24) is 9.97 Å². The monoisotopic (exact) mass is 438 g/mol. The van der Waals surface area contributed by atoms with Gasteiger partial charge in [-0.1, -0.05) is 42.5 Å². The van der Waals surface area contributed by atoms with E-state index in [4.69, 9.17) is 4.74 Å². The largest absolute Gasteiger partial charge is 0.573 e. The number of carbonyl (C=O) groups excluding carboxylic acids is 1. The van der Waals surface area contributed by atoms with Crippen LogP contribution in [0.25, 0.3) is 17.1 Å². The van der Waals surface area contributed by atoms with Crippen LogP contribution in [0.5, 0.6) is 11.5 Å². The van der Waals surface area contributed by atoms with Gasteiger partial charge in [0.15, 0.2) is 5.82 Å². The summed E-state index contributed by atoms with van der Waals surface area (Å²) < 4.78 is 46.1. The Balaban J connectivity index is 1.32. The fourth-order valence-corrected chi connectivity index (χ4v) is 2.95. The minimum Gasteiger partial charge on any atom is -0.489 e. The summed E-state index contributed by atoms with van der Waals surface area (Å²) in [5, 5.41) is 0. The predicted molar refractivity (Wildman–Crippen MR) is 113 cm³/mol. The van der Waals surface area contributed by atoms with Gasteiger partial charge in [-0.15, -0.1) is 13.2 Å². The number of aromatic amines is 1. The molecule has 0 unspecified atom stereocenters. The van der Waals surface area contributed by atoms with Crippen molar-refractivity contribution in [2.24, 2.45) is 0 Å². The van der Waals surface area contributed by atoms with Crippen molar-refractivity contribution >= 4 is 22.9 Å². The molecule has 8 heteroatoms. The Morgan fingerprint density at radius 1 is 0.938 bits per heavy atom. The van der Waals surface area contributed by atoms with E-state index in [0.717, 1.165) is 16.6 Å². The summed E-state index contributed by atoms with van der Waals surface area (Å²) in [5.74, 6) is 0.337. The standard InChI is InChI=1S/C24H17F3N2O3/c25-24(26,27)32-19-12-7-17(8-13-19)15-31-18-10-5-16(6-11-18)9-14-22(30)23-28-20-3-1-2-4-21(20)29-23/h1-14H,15H2,(H,28,29)/b14-9+. The van der Waals surface area contributed by atoms with Crippen molar-refractivity contribution in [3.8, 4) is 11.5 Å². The first-order chi connectivity index (χ1) is 15.4. The SMILES string of the molecule is O=C(/C=C/c1ccc(OCc2ccc(OC(F)(F)F)cc2)cc1)c1nc2ccccc2[nH]1. The zero-order valence-corrected chi connectivity index (χ0v) is 16.6. The molecule has 0 amide bonds. The van der Waals surface area contributed by atoms with Crippen molar-refractivity contribution < 1.29 is 27.4 Å². The van der Waals surface area contributed by atoms with Crippen LogP contribution in [0.4, 0.5) is 13.2 Å². The highest BCUT2D eigenvalue weighted by Gasteiger charge is 2.30. The molecule has 0 atom stereocenters. The Morgan fingerprint density at radius 2 is 1.62 bits per heavy atom. The quantitative estimate of drug-likeness (QED) is 0.287. The Labute approximate surface area is 181 Å². The van der Waals surface area contributed by atoms with Gasteiger partial charge in [-0.05, 0) is 53.6 Å². The number of nitrogens with zero attached hydrogens (tertiary/aromatic N) is 1. The van der Waals surface area contributed by atoms with E-state index in [1.807, 2.05) is 24.3 Å². The summed E-state index contributed by atoms with van der Waals surface area (Å²) >= 11 is 0. The van der Waals surface area contributed by atoms with Gasteiger partial charge in [-0.3, -0.25) is 4.79 Å². The molecule has 0 saturated carbocycles. The molecule has 0 bridgehead atoms. The molecule has 0 fully saturated rings. The summed E-state index contributed by atoms with van der Waals surface area (Å²) in [5.41, 5.74) is 3.02. The number of aromatic nitrogens is 2. The highest BCUT2D eigenvalue weighted by Crippen LogP contribution is 2.23. The third-order valence-corrected chi connectivity index (χ3v) is 4.49. The molecule has 4 aromatic rings. The lowest BCUT2D eigenvalue weighted by atomic mass is 10.2. The van der Waals surface area contributed by atoms with Gasteiger partial charge in [0.25, 0.3) is 0 Å². The molecule has 162 valence electrons. The predicted octanol–water partition coefficient (Wildman–Crippen LogP) is 5.94. The van der Waals surface area contributed by atoms with E-state index in [1.54, 1.807) is 30.3 Å². The van der Waals surface area contributed by atoms with E-state index in [0.29, 0.717) is 11.3 Å². The van der Waals surface area contributed by atoms with E-state index >= 15 is 0 Å². The first-order valence-electron chi connectivity index (χ1n) is 9.60. The third kappa shape index (κ3) is 5.54. The second-order valence-corrected chi connectivity index (χ2v) is 6.85. The number of carbonyl (C=O) groups is 1. The van der Waals surface area contributed by atoms with Crippen molar-refractivity contribution in [2.45, 2.75) is 13.0 Å². The number of ketones is 1. The number of allylic oxidation sites excluding steroid dienone is 1. The molecule has 0 spiro atoms. The van der Waals surface area contributed by atoms with Crippen molar-refractivity contribution in [3.05, 3.63) is 95.8 Å². The maximum absolute atomic E-state index is 12.3. The number of fused-ring (bicyclic) bond motifs is 1.